The monoisotopic (exact) mass is 284 g/mol. The molecule has 0 aliphatic heterocycles. The molecular formula is C15H12N2O4. The Bertz CT molecular complexity index is 820. The van der Waals surface area contributed by atoms with Gasteiger partial charge in [0, 0.05) is 5.69 Å². The molecule has 0 atom stereocenters. The quantitative estimate of drug-likeness (QED) is 0.774. The van der Waals surface area contributed by atoms with E-state index in [0.29, 0.717) is 16.7 Å². The smallest absolute Gasteiger partial charge is 0.411 e. The molecule has 0 fully saturated rings. The van der Waals surface area contributed by atoms with Crippen LogP contribution in [0.2, 0.25) is 0 Å². The minimum Gasteiger partial charge on any atom is -0.444 e. The van der Waals surface area contributed by atoms with Gasteiger partial charge in [-0.15, -0.1) is 0 Å². The molecule has 1 heterocycles. The van der Waals surface area contributed by atoms with Crippen molar-refractivity contribution < 1.29 is 14.1 Å². The van der Waals surface area contributed by atoms with Crippen LogP contribution in [-0.2, 0) is 11.3 Å². The van der Waals surface area contributed by atoms with E-state index >= 15 is 0 Å². The number of ether oxygens (including phenoxy) is 1. The molecule has 21 heavy (non-hydrogen) atoms. The summed E-state index contributed by atoms with van der Waals surface area (Å²) in [6.07, 6.45) is -0.585. The largest absolute Gasteiger partial charge is 0.444 e. The highest BCUT2D eigenvalue weighted by Crippen LogP contribution is 2.16. The lowest BCUT2D eigenvalue weighted by atomic mass is 10.2. The van der Waals surface area contributed by atoms with E-state index in [1.54, 1.807) is 12.1 Å². The number of anilines is 1. The first kappa shape index (κ1) is 13.0. The Morgan fingerprint density at radius 2 is 2.00 bits per heavy atom. The van der Waals surface area contributed by atoms with Crippen molar-refractivity contribution in [3.63, 3.8) is 0 Å². The highest BCUT2D eigenvalue weighted by molar-refractivity contribution is 5.88. The van der Waals surface area contributed by atoms with Crippen LogP contribution in [0.5, 0.6) is 0 Å². The molecule has 0 unspecified atom stereocenters. The number of hydrogen-bond donors (Lipinski definition) is 2. The number of fused-ring (bicyclic) bond motifs is 1. The first-order chi connectivity index (χ1) is 10.2. The van der Waals surface area contributed by atoms with Gasteiger partial charge < -0.3 is 9.26 Å². The molecule has 1 amide bonds. The van der Waals surface area contributed by atoms with Crippen LogP contribution in [0.4, 0.5) is 10.5 Å². The van der Waals surface area contributed by atoms with Crippen molar-refractivity contribution >= 4 is 22.7 Å². The SMILES string of the molecule is O=C(Nc1ccc2o[nH]c(=O)c2c1)OCc1ccccc1. The standard InChI is InChI=1S/C15H12N2O4/c18-14-12-8-11(6-7-13(12)21-17-14)16-15(19)20-9-10-4-2-1-3-5-10/h1-8H,9H2,(H,16,19)(H,17,18). The molecular weight excluding hydrogens is 272 g/mol. The van der Waals surface area contributed by atoms with Gasteiger partial charge in [-0.25, -0.2) is 4.79 Å². The molecule has 0 aliphatic carbocycles. The molecule has 0 aliphatic rings. The number of rotatable bonds is 3. The summed E-state index contributed by atoms with van der Waals surface area (Å²) in [5.74, 6) is 0. The van der Waals surface area contributed by atoms with Gasteiger partial charge in [0.1, 0.15) is 6.61 Å². The van der Waals surface area contributed by atoms with Crippen molar-refractivity contribution in [1.29, 1.82) is 0 Å². The molecule has 0 radical (unpaired) electrons. The third-order valence-corrected chi connectivity index (χ3v) is 2.94. The van der Waals surface area contributed by atoms with Crippen molar-refractivity contribution in [1.82, 2.24) is 5.16 Å². The van der Waals surface area contributed by atoms with Crippen molar-refractivity contribution in [3.05, 3.63) is 64.4 Å². The Labute approximate surface area is 119 Å². The van der Waals surface area contributed by atoms with E-state index in [1.165, 1.54) is 6.07 Å². The van der Waals surface area contributed by atoms with E-state index in [0.717, 1.165) is 5.56 Å². The molecule has 106 valence electrons. The normalized spacial score (nSPS) is 10.5. The molecule has 6 nitrogen and oxygen atoms in total. The molecule has 6 heteroatoms. The van der Waals surface area contributed by atoms with E-state index in [1.807, 2.05) is 30.3 Å². The third kappa shape index (κ3) is 2.94. The minimum absolute atomic E-state index is 0.182. The van der Waals surface area contributed by atoms with Gasteiger partial charge in [0.2, 0.25) is 0 Å². The van der Waals surface area contributed by atoms with Gasteiger partial charge in [-0.05, 0) is 23.8 Å². The second kappa shape index (κ2) is 5.54. The summed E-state index contributed by atoms with van der Waals surface area (Å²) in [7, 11) is 0. The Morgan fingerprint density at radius 1 is 1.19 bits per heavy atom. The predicted octanol–water partition coefficient (Wildman–Crippen LogP) is 2.87. The van der Waals surface area contributed by atoms with Gasteiger partial charge in [-0.2, -0.15) is 5.16 Å². The molecule has 3 rings (SSSR count). The Hall–Kier alpha value is -3.02. The van der Waals surface area contributed by atoms with Gasteiger partial charge in [0.15, 0.2) is 5.58 Å². The molecule has 0 spiro atoms. The average Bonchev–Trinajstić information content (AvgIpc) is 2.87. The maximum Gasteiger partial charge on any atom is 0.411 e. The van der Waals surface area contributed by atoms with Crippen molar-refractivity contribution in [2.24, 2.45) is 0 Å². The second-order valence-electron chi connectivity index (χ2n) is 4.43. The van der Waals surface area contributed by atoms with Gasteiger partial charge in [-0.1, -0.05) is 30.3 Å². The molecule has 0 bridgehead atoms. The van der Waals surface area contributed by atoms with Gasteiger partial charge in [-0.3, -0.25) is 10.1 Å². The molecule has 0 saturated heterocycles. The topological polar surface area (TPSA) is 84.3 Å². The molecule has 1 aromatic heterocycles. The number of aromatic nitrogens is 1. The van der Waals surface area contributed by atoms with E-state index < -0.39 is 6.09 Å². The fourth-order valence-electron chi connectivity index (χ4n) is 1.91. The zero-order valence-electron chi connectivity index (χ0n) is 11.0. The number of carbonyl (C=O) groups excluding carboxylic acids is 1. The number of benzene rings is 2. The Kier molecular flexibility index (Phi) is 3.42. The van der Waals surface area contributed by atoms with Crippen LogP contribution in [0, 0.1) is 0 Å². The minimum atomic E-state index is -0.585. The van der Waals surface area contributed by atoms with Crippen LogP contribution in [0.1, 0.15) is 5.56 Å². The molecule has 2 N–H and O–H groups in total. The lowest BCUT2D eigenvalue weighted by molar-refractivity contribution is 0.155. The number of carbonyl (C=O) groups is 1. The molecule has 0 saturated carbocycles. The van der Waals surface area contributed by atoms with Crippen LogP contribution in [0.3, 0.4) is 0 Å². The van der Waals surface area contributed by atoms with E-state index in [2.05, 4.69) is 10.5 Å². The van der Waals surface area contributed by atoms with Crippen molar-refractivity contribution in [2.45, 2.75) is 6.61 Å². The lowest BCUT2D eigenvalue weighted by Crippen LogP contribution is -2.13. The summed E-state index contributed by atoms with van der Waals surface area (Å²) in [6.45, 7) is 0.182. The average molecular weight is 284 g/mol. The Morgan fingerprint density at radius 3 is 2.81 bits per heavy atom. The number of amides is 1. The maximum absolute atomic E-state index is 11.7. The van der Waals surface area contributed by atoms with Crippen LogP contribution < -0.4 is 10.9 Å². The maximum atomic E-state index is 11.7. The number of nitrogens with one attached hydrogen (secondary N) is 2. The summed E-state index contributed by atoms with van der Waals surface area (Å²) in [5, 5.41) is 5.17. The highest BCUT2D eigenvalue weighted by Gasteiger charge is 2.07. The van der Waals surface area contributed by atoms with Crippen LogP contribution >= 0.6 is 0 Å². The number of H-pyrrole nitrogens is 1. The summed E-state index contributed by atoms with van der Waals surface area (Å²) >= 11 is 0. The molecule has 3 aromatic rings. The van der Waals surface area contributed by atoms with E-state index in [9.17, 15) is 9.59 Å². The van der Waals surface area contributed by atoms with E-state index in [4.69, 9.17) is 9.26 Å². The van der Waals surface area contributed by atoms with Crippen molar-refractivity contribution in [3.8, 4) is 0 Å². The fourth-order valence-corrected chi connectivity index (χ4v) is 1.91. The van der Waals surface area contributed by atoms with Gasteiger partial charge >= 0.3 is 6.09 Å². The zero-order valence-corrected chi connectivity index (χ0v) is 11.0. The van der Waals surface area contributed by atoms with Crippen LogP contribution in [0.15, 0.2) is 57.8 Å². The van der Waals surface area contributed by atoms with Crippen molar-refractivity contribution in [2.75, 3.05) is 5.32 Å². The number of hydrogen-bond acceptors (Lipinski definition) is 4. The number of aromatic amines is 1. The summed E-state index contributed by atoms with van der Waals surface area (Å²) < 4.78 is 10.0. The van der Waals surface area contributed by atoms with Gasteiger partial charge in [0.05, 0.1) is 5.39 Å². The molecule has 2 aromatic carbocycles. The van der Waals surface area contributed by atoms with Crippen LogP contribution in [-0.4, -0.2) is 11.2 Å². The first-order valence-electron chi connectivity index (χ1n) is 6.31. The van der Waals surface area contributed by atoms with E-state index in [-0.39, 0.29) is 12.2 Å². The predicted molar refractivity (Wildman–Crippen MR) is 77.1 cm³/mol. The zero-order chi connectivity index (χ0) is 14.7. The third-order valence-electron chi connectivity index (χ3n) is 2.94. The summed E-state index contributed by atoms with van der Waals surface area (Å²) in [5.41, 5.74) is 1.45. The Balaban J connectivity index is 1.66. The first-order valence-corrected chi connectivity index (χ1v) is 6.31. The van der Waals surface area contributed by atoms with Gasteiger partial charge in [0.25, 0.3) is 5.56 Å². The second-order valence-corrected chi connectivity index (χ2v) is 4.43. The fraction of sp³-hybridized carbons (Fsp3) is 0.0667. The summed E-state index contributed by atoms with van der Waals surface area (Å²) in [6, 6.07) is 14.1. The lowest BCUT2D eigenvalue weighted by Gasteiger charge is -2.06. The highest BCUT2D eigenvalue weighted by atomic mass is 16.5. The summed E-state index contributed by atoms with van der Waals surface area (Å²) in [4.78, 5) is 23.1. The van der Waals surface area contributed by atoms with Crippen LogP contribution in [0.25, 0.3) is 11.0 Å².